The van der Waals surface area contributed by atoms with Crippen LogP contribution in [-0.2, 0) is 0 Å². The lowest BCUT2D eigenvalue weighted by Crippen LogP contribution is -1.91. The van der Waals surface area contributed by atoms with Crippen molar-refractivity contribution in [1.82, 2.24) is 0 Å². The minimum Gasteiger partial charge on any atom is -0.0925 e. The molecule has 0 heterocycles. The summed E-state index contributed by atoms with van der Waals surface area (Å²) in [5, 5.41) is 1.23. The number of halogens is 1. The standard InChI is InChI=1S/C6H11Br.Mg.2H/c7-5-6-3-1-2-4-6;;;/h6H,1-5H2;;;. The molecular formula is C6H13BrMg. The smallest absolute Gasteiger partial charge is 0.0925 e. The number of hydrogen-bond acceptors (Lipinski definition) is 0. The zero-order chi connectivity index (χ0) is 5.11. The summed E-state index contributed by atoms with van der Waals surface area (Å²) in [6, 6.07) is 0. The van der Waals surface area contributed by atoms with Crippen LogP contribution in [0.2, 0.25) is 0 Å². The maximum atomic E-state index is 3.48. The van der Waals surface area contributed by atoms with E-state index in [1.807, 2.05) is 0 Å². The largest absolute Gasteiger partial charge is 0.316 e. The van der Waals surface area contributed by atoms with Gasteiger partial charge >= 0.3 is 23.1 Å². The molecule has 8 heavy (non-hydrogen) atoms. The topological polar surface area (TPSA) is 0 Å². The first-order valence-electron chi connectivity index (χ1n) is 2.99. The van der Waals surface area contributed by atoms with Crippen LogP contribution in [0.3, 0.4) is 0 Å². The molecule has 0 atom stereocenters. The summed E-state index contributed by atoms with van der Waals surface area (Å²) in [5.41, 5.74) is 0. The molecule has 0 N–H and O–H groups in total. The van der Waals surface area contributed by atoms with Crippen LogP contribution in [0.1, 0.15) is 25.7 Å². The van der Waals surface area contributed by atoms with Crippen molar-refractivity contribution in [2.24, 2.45) is 5.92 Å². The van der Waals surface area contributed by atoms with E-state index in [9.17, 15) is 0 Å². The van der Waals surface area contributed by atoms with Crippen molar-refractivity contribution in [3.63, 3.8) is 0 Å². The third-order valence-corrected chi connectivity index (χ3v) is 2.61. The third-order valence-electron chi connectivity index (χ3n) is 1.69. The zero-order valence-corrected chi connectivity index (χ0v) is 6.08. The van der Waals surface area contributed by atoms with E-state index < -0.39 is 0 Å². The third kappa shape index (κ3) is 2.69. The molecule has 0 saturated heterocycles. The van der Waals surface area contributed by atoms with Crippen LogP contribution in [0.5, 0.6) is 0 Å². The molecule has 46 valence electrons. The van der Waals surface area contributed by atoms with Crippen LogP contribution < -0.4 is 0 Å². The van der Waals surface area contributed by atoms with Gasteiger partial charge < -0.3 is 0 Å². The van der Waals surface area contributed by atoms with Crippen molar-refractivity contribution >= 4 is 39.0 Å². The van der Waals surface area contributed by atoms with E-state index in [2.05, 4.69) is 15.9 Å². The molecule has 0 aromatic carbocycles. The molecule has 0 aromatic heterocycles. The van der Waals surface area contributed by atoms with Crippen LogP contribution >= 0.6 is 15.9 Å². The van der Waals surface area contributed by atoms with Crippen LogP contribution in [0, 0.1) is 5.92 Å². The number of alkyl halides is 1. The lowest BCUT2D eigenvalue weighted by atomic mass is 10.1. The Balaban J connectivity index is 0.000000490. The van der Waals surface area contributed by atoms with Crippen molar-refractivity contribution in [3.8, 4) is 0 Å². The van der Waals surface area contributed by atoms with Gasteiger partial charge in [-0.25, -0.2) is 0 Å². The minimum absolute atomic E-state index is 0. The summed E-state index contributed by atoms with van der Waals surface area (Å²) in [7, 11) is 0. The van der Waals surface area contributed by atoms with Gasteiger partial charge in [0.1, 0.15) is 0 Å². The van der Waals surface area contributed by atoms with Crippen molar-refractivity contribution in [2.75, 3.05) is 5.33 Å². The summed E-state index contributed by atoms with van der Waals surface area (Å²) in [4.78, 5) is 0. The Hall–Kier alpha value is 1.25. The molecule has 0 amide bonds. The summed E-state index contributed by atoms with van der Waals surface area (Å²) in [6.07, 6.45) is 5.86. The second-order valence-corrected chi connectivity index (χ2v) is 2.95. The fourth-order valence-electron chi connectivity index (χ4n) is 1.16. The predicted molar refractivity (Wildman–Crippen MR) is 44.3 cm³/mol. The van der Waals surface area contributed by atoms with Crippen LogP contribution in [0.25, 0.3) is 0 Å². The Bertz CT molecular complexity index is 50.5. The lowest BCUT2D eigenvalue weighted by Gasteiger charge is -1.98. The Morgan fingerprint density at radius 1 is 1.25 bits per heavy atom. The van der Waals surface area contributed by atoms with Gasteiger partial charge in [-0.15, -0.1) is 0 Å². The van der Waals surface area contributed by atoms with Crippen molar-refractivity contribution in [1.29, 1.82) is 0 Å². The normalized spacial score (nSPS) is 20.6. The molecular weight excluding hydrogens is 176 g/mol. The molecule has 1 fully saturated rings. The highest BCUT2D eigenvalue weighted by Crippen LogP contribution is 2.25. The van der Waals surface area contributed by atoms with Gasteiger partial charge in [-0.3, -0.25) is 0 Å². The Morgan fingerprint density at radius 3 is 2.00 bits per heavy atom. The molecule has 2 heteroatoms. The molecule has 1 rings (SSSR count). The van der Waals surface area contributed by atoms with E-state index in [0.717, 1.165) is 5.92 Å². The highest BCUT2D eigenvalue weighted by Gasteiger charge is 2.11. The summed E-state index contributed by atoms with van der Waals surface area (Å²) >= 11 is 3.48. The Labute approximate surface area is 75.7 Å². The second-order valence-electron chi connectivity index (χ2n) is 2.30. The van der Waals surface area contributed by atoms with E-state index >= 15 is 0 Å². The SMILES string of the molecule is BrCC1CCCC1.[MgH2]. The Kier molecular flexibility index (Phi) is 5.85. The summed E-state index contributed by atoms with van der Waals surface area (Å²) in [6.45, 7) is 0. The molecule has 1 saturated carbocycles. The molecule has 0 spiro atoms. The molecule has 1 aliphatic carbocycles. The first kappa shape index (κ1) is 9.25. The van der Waals surface area contributed by atoms with Gasteiger partial charge in [0.2, 0.25) is 0 Å². The van der Waals surface area contributed by atoms with Gasteiger partial charge in [0, 0.05) is 5.33 Å². The molecule has 0 aliphatic heterocycles. The fourth-order valence-corrected chi connectivity index (χ4v) is 1.81. The molecule has 0 aromatic rings. The van der Waals surface area contributed by atoms with E-state index in [1.165, 1.54) is 31.0 Å². The van der Waals surface area contributed by atoms with Crippen molar-refractivity contribution in [3.05, 3.63) is 0 Å². The van der Waals surface area contributed by atoms with E-state index in [-0.39, 0.29) is 23.1 Å². The second kappa shape index (κ2) is 5.06. The summed E-state index contributed by atoms with van der Waals surface area (Å²) in [5.74, 6) is 1.01. The monoisotopic (exact) mass is 188 g/mol. The molecule has 0 bridgehead atoms. The highest BCUT2D eigenvalue weighted by molar-refractivity contribution is 9.09. The van der Waals surface area contributed by atoms with Gasteiger partial charge in [-0.05, 0) is 18.8 Å². The van der Waals surface area contributed by atoms with Crippen LogP contribution in [0.4, 0.5) is 0 Å². The maximum Gasteiger partial charge on any atom is 0.316 e. The summed E-state index contributed by atoms with van der Waals surface area (Å²) < 4.78 is 0. The van der Waals surface area contributed by atoms with E-state index in [0.29, 0.717) is 0 Å². The van der Waals surface area contributed by atoms with E-state index in [4.69, 9.17) is 0 Å². The number of hydrogen-bond donors (Lipinski definition) is 0. The average molecular weight is 189 g/mol. The fraction of sp³-hybridized carbons (Fsp3) is 1.00. The minimum atomic E-state index is 0. The maximum absolute atomic E-state index is 3.48. The zero-order valence-electron chi connectivity index (χ0n) is 4.49. The predicted octanol–water partition coefficient (Wildman–Crippen LogP) is 1.66. The van der Waals surface area contributed by atoms with Crippen LogP contribution in [0.15, 0.2) is 0 Å². The number of rotatable bonds is 1. The van der Waals surface area contributed by atoms with Gasteiger partial charge in [0.05, 0.1) is 0 Å². The van der Waals surface area contributed by atoms with Crippen LogP contribution in [-0.4, -0.2) is 28.4 Å². The lowest BCUT2D eigenvalue weighted by molar-refractivity contribution is 0.627. The van der Waals surface area contributed by atoms with Gasteiger partial charge in [-0.1, -0.05) is 28.8 Å². The van der Waals surface area contributed by atoms with Crippen molar-refractivity contribution < 1.29 is 0 Å². The highest BCUT2D eigenvalue weighted by atomic mass is 79.9. The molecule has 0 radical (unpaired) electrons. The molecule has 0 unspecified atom stereocenters. The first-order valence-corrected chi connectivity index (χ1v) is 4.11. The van der Waals surface area contributed by atoms with Gasteiger partial charge in [0.15, 0.2) is 0 Å². The van der Waals surface area contributed by atoms with Gasteiger partial charge in [0.25, 0.3) is 0 Å². The quantitative estimate of drug-likeness (QED) is 0.435. The molecule has 1 aliphatic rings. The van der Waals surface area contributed by atoms with Crippen molar-refractivity contribution in [2.45, 2.75) is 25.7 Å². The first-order chi connectivity index (χ1) is 3.43. The average Bonchev–Trinajstić information content (AvgIpc) is 2.14. The van der Waals surface area contributed by atoms with Gasteiger partial charge in [-0.2, -0.15) is 0 Å². The van der Waals surface area contributed by atoms with E-state index in [1.54, 1.807) is 0 Å². The molecule has 0 nitrogen and oxygen atoms in total. The Morgan fingerprint density at radius 2 is 1.75 bits per heavy atom.